The van der Waals surface area contributed by atoms with Gasteiger partial charge in [0.15, 0.2) is 5.82 Å². The number of aromatic nitrogens is 2. The van der Waals surface area contributed by atoms with E-state index in [2.05, 4.69) is 14.9 Å². The van der Waals surface area contributed by atoms with Crippen LogP contribution in [0.15, 0.2) is 6.07 Å². The molecule has 0 aromatic carbocycles. The van der Waals surface area contributed by atoms with Crippen molar-refractivity contribution in [2.75, 3.05) is 39.0 Å². The zero-order chi connectivity index (χ0) is 17.3. The summed E-state index contributed by atoms with van der Waals surface area (Å²) in [5, 5.41) is 0. The largest absolute Gasteiger partial charge is 0.368 e. The van der Waals surface area contributed by atoms with Crippen molar-refractivity contribution in [1.82, 2.24) is 19.2 Å². The molecule has 8 heteroatoms. The number of hydrogen-bond donors (Lipinski definition) is 0. The van der Waals surface area contributed by atoms with Gasteiger partial charge >= 0.3 is 0 Å². The van der Waals surface area contributed by atoms with E-state index in [-0.39, 0.29) is 6.10 Å². The highest BCUT2D eigenvalue weighted by Crippen LogP contribution is 2.25. The van der Waals surface area contributed by atoms with Gasteiger partial charge in [0, 0.05) is 43.6 Å². The molecule has 1 aromatic rings. The molecule has 2 aliphatic heterocycles. The number of ether oxygens (including phenoxy) is 1. The second-order valence-corrected chi connectivity index (χ2v) is 8.74. The summed E-state index contributed by atoms with van der Waals surface area (Å²) >= 11 is 0. The molecule has 3 heterocycles. The molecule has 0 N–H and O–H groups in total. The second-order valence-electron chi connectivity index (χ2n) is 6.76. The van der Waals surface area contributed by atoms with Gasteiger partial charge in [0.05, 0.1) is 12.9 Å². The van der Waals surface area contributed by atoms with Gasteiger partial charge in [-0.3, -0.25) is 4.90 Å². The summed E-state index contributed by atoms with van der Waals surface area (Å²) in [5.74, 6) is 0.755. The fraction of sp³-hybridized carbons (Fsp3) is 0.750. The molecule has 7 nitrogen and oxygen atoms in total. The van der Waals surface area contributed by atoms with Crippen molar-refractivity contribution in [2.24, 2.45) is 0 Å². The van der Waals surface area contributed by atoms with Gasteiger partial charge in [-0.2, -0.15) is 0 Å². The molecular formula is C16H26N4O3S. The highest BCUT2D eigenvalue weighted by molar-refractivity contribution is 7.88. The predicted molar refractivity (Wildman–Crippen MR) is 91.2 cm³/mol. The van der Waals surface area contributed by atoms with Gasteiger partial charge in [-0.1, -0.05) is 0 Å². The van der Waals surface area contributed by atoms with Crippen LogP contribution in [0.4, 0.5) is 0 Å². The highest BCUT2D eigenvalue weighted by atomic mass is 32.2. The predicted octanol–water partition coefficient (Wildman–Crippen LogP) is 0.891. The lowest BCUT2D eigenvalue weighted by atomic mass is 10.0. The van der Waals surface area contributed by atoms with Crippen molar-refractivity contribution in [3.8, 4) is 0 Å². The lowest BCUT2D eigenvalue weighted by molar-refractivity contribution is -0.0548. The Kier molecular flexibility index (Phi) is 5.19. The third kappa shape index (κ3) is 4.11. The Morgan fingerprint density at radius 3 is 2.33 bits per heavy atom. The van der Waals surface area contributed by atoms with E-state index in [1.165, 1.54) is 6.26 Å². The van der Waals surface area contributed by atoms with E-state index in [1.807, 2.05) is 19.9 Å². The van der Waals surface area contributed by atoms with Gasteiger partial charge in [0.25, 0.3) is 0 Å². The summed E-state index contributed by atoms with van der Waals surface area (Å²) in [5.41, 5.74) is 1.92. The van der Waals surface area contributed by atoms with Gasteiger partial charge in [-0.05, 0) is 32.8 Å². The fourth-order valence-corrected chi connectivity index (χ4v) is 4.47. The van der Waals surface area contributed by atoms with Crippen LogP contribution in [-0.4, -0.2) is 72.7 Å². The normalized spacial score (nSPS) is 25.0. The lowest BCUT2D eigenvalue weighted by Crippen LogP contribution is -2.50. The number of sulfonamides is 1. The molecule has 1 aromatic heterocycles. The minimum absolute atomic E-state index is 0.106. The topological polar surface area (TPSA) is 75.6 Å². The molecule has 0 amide bonds. The van der Waals surface area contributed by atoms with E-state index in [0.29, 0.717) is 25.7 Å². The smallest absolute Gasteiger partial charge is 0.211 e. The molecule has 2 saturated heterocycles. The molecule has 2 aliphatic rings. The first kappa shape index (κ1) is 17.7. The van der Waals surface area contributed by atoms with Crippen molar-refractivity contribution in [1.29, 1.82) is 0 Å². The molecule has 0 radical (unpaired) electrons. The molecule has 3 rings (SSSR count). The number of nitrogens with zero attached hydrogens (tertiary/aromatic N) is 4. The van der Waals surface area contributed by atoms with Gasteiger partial charge < -0.3 is 4.74 Å². The Morgan fingerprint density at radius 1 is 1.12 bits per heavy atom. The van der Waals surface area contributed by atoms with Crippen molar-refractivity contribution in [3.63, 3.8) is 0 Å². The zero-order valence-electron chi connectivity index (χ0n) is 14.6. The maximum Gasteiger partial charge on any atom is 0.211 e. The van der Waals surface area contributed by atoms with Gasteiger partial charge in [-0.15, -0.1) is 0 Å². The second kappa shape index (κ2) is 7.03. The van der Waals surface area contributed by atoms with Crippen LogP contribution in [0, 0.1) is 13.8 Å². The monoisotopic (exact) mass is 354 g/mol. The SMILES string of the molecule is Cc1cc(C)nc([C@@H]2CN(C3CCN(S(C)(=O)=O)CC3)CCO2)n1. The molecule has 0 saturated carbocycles. The van der Waals surface area contributed by atoms with Crippen LogP contribution in [0.3, 0.4) is 0 Å². The molecular weight excluding hydrogens is 328 g/mol. The molecule has 0 aliphatic carbocycles. The van der Waals surface area contributed by atoms with Crippen LogP contribution in [0.1, 0.15) is 36.2 Å². The van der Waals surface area contributed by atoms with Gasteiger partial charge in [0.2, 0.25) is 10.0 Å². The minimum atomic E-state index is -3.07. The van der Waals surface area contributed by atoms with Crippen molar-refractivity contribution in [3.05, 3.63) is 23.3 Å². The van der Waals surface area contributed by atoms with Crippen molar-refractivity contribution >= 4 is 10.0 Å². The Balaban J connectivity index is 1.64. The van der Waals surface area contributed by atoms with Crippen LogP contribution in [0.5, 0.6) is 0 Å². The first-order valence-electron chi connectivity index (χ1n) is 8.46. The lowest BCUT2D eigenvalue weighted by Gasteiger charge is -2.41. The summed E-state index contributed by atoms with van der Waals surface area (Å²) in [4.78, 5) is 11.5. The van der Waals surface area contributed by atoms with Crippen LogP contribution in [-0.2, 0) is 14.8 Å². The molecule has 0 bridgehead atoms. The molecule has 0 spiro atoms. The average Bonchev–Trinajstić information content (AvgIpc) is 2.53. The summed E-state index contributed by atoms with van der Waals surface area (Å²) in [6.45, 7) is 7.46. The first-order valence-corrected chi connectivity index (χ1v) is 10.3. The number of rotatable bonds is 3. The summed E-state index contributed by atoms with van der Waals surface area (Å²) < 4.78 is 30.8. The van der Waals surface area contributed by atoms with Crippen molar-refractivity contribution in [2.45, 2.75) is 38.8 Å². The maximum absolute atomic E-state index is 11.6. The third-order valence-corrected chi connectivity index (χ3v) is 6.10. The van der Waals surface area contributed by atoms with Crippen LogP contribution < -0.4 is 0 Å². The molecule has 2 fully saturated rings. The molecule has 24 heavy (non-hydrogen) atoms. The van der Waals surface area contributed by atoms with Gasteiger partial charge in [-0.25, -0.2) is 22.7 Å². The number of morpholine rings is 1. The quantitative estimate of drug-likeness (QED) is 0.802. The Labute approximate surface area is 144 Å². The Hall–Kier alpha value is -1.09. The standard InChI is InChI=1S/C16H26N4O3S/c1-12-10-13(2)18-16(17-12)15-11-19(8-9-23-15)14-4-6-20(7-5-14)24(3,21)22/h10,14-15H,4-9,11H2,1-3H3/t15-/m0/s1. The van der Waals surface area contributed by atoms with E-state index in [1.54, 1.807) is 4.31 Å². The first-order chi connectivity index (χ1) is 11.3. The number of aryl methyl sites for hydroxylation is 2. The van der Waals surface area contributed by atoms with E-state index in [0.717, 1.165) is 43.1 Å². The Morgan fingerprint density at radius 2 is 1.75 bits per heavy atom. The zero-order valence-corrected chi connectivity index (χ0v) is 15.4. The average molecular weight is 354 g/mol. The molecule has 134 valence electrons. The van der Waals surface area contributed by atoms with Gasteiger partial charge in [0.1, 0.15) is 6.10 Å². The maximum atomic E-state index is 11.6. The van der Waals surface area contributed by atoms with Crippen LogP contribution >= 0.6 is 0 Å². The van der Waals surface area contributed by atoms with Crippen LogP contribution in [0.25, 0.3) is 0 Å². The highest BCUT2D eigenvalue weighted by Gasteiger charge is 2.32. The van der Waals surface area contributed by atoms with E-state index in [9.17, 15) is 8.42 Å². The van der Waals surface area contributed by atoms with Crippen LogP contribution in [0.2, 0.25) is 0 Å². The summed E-state index contributed by atoms with van der Waals surface area (Å²) in [6.07, 6.45) is 2.92. The Bertz CT molecular complexity index is 666. The number of hydrogen-bond acceptors (Lipinski definition) is 6. The summed E-state index contributed by atoms with van der Waals surface area (Å²) in [7, 11) is -3.07. The molecule has 1 atom stereocenters. The van der Waals surface area contributed by atoms with E-state index < -0.39 is 10.0 Å². The van der Waals surface area contributed by atoms with Crippen molar-refractivity contribution < 1.29 is 13.2 Å². The van der Waals surface area contributed by atoms with E-state index >= 15 is 0 Å². The number of piperidine rings is 1. The molecule has 0 unspecified atom stereocenters. The fourth-order valence-electron chi connectivity index (χ4n) is 3.59. The third-order valence-electron chi connectivity index (χ3n) is 4.79. The summed E-state index contributed by atoms with van der Waals surface area (Å²) in [6, 6.07) is 2.37. The minimum Gasteiger partial charge on any atom is -0.368 e. The van der Waals surface area contributed by atoms with E-state index in [4.69, 9.17) is 4.74 Å².